The van der Waals surface area contributed by atoms with Crippen LogP contribution in [0.4, 0.5) is 0 Å². The Kier molecular flexibility index (Phi) is 8.68. The van der Waals surface area contributed by atoms with Gasteiger partial charge in [0.25, 0.3) is 0 Å². The van der Waals surface area contributed by atoms with Crippen molar-refractivity contribution in [1.82, 2.24) is 0 Å². The van der Waals surface area contributed by atoms with Crippen LogP contribution < -0.4 is 20.9 Å². The molecule has 0 aromatic heterocycles. The molecule has 0 atom stereocenters. The molecule has 0 heterocycles. The summed E-state index contributed by atoms with van der Waals surface area (Å²) in [5, 5.41) is 0. The molecule has 1 rings (SSSR count). The zero-order valence-electron chi connectivity index (χ0n) is 14.5. The van der Waals surface area contributed by atoms with Crippen LogP contribution in [-0.2, 0) is 16.0 Å². The molecule has 0 spiro atoms. The maximum absolute atomic E-state index is 10.8. The minimum absolute atomic E-state index is 0.162. The monoisotopic (exact) mass is 336 g/mol. The summed E-state index contributed by atoms with van der Waals surface area (Å²) >= 11 is 0. The Balaban J connectivity index is 2.71. The molecule has 0 aliphatic heterocycles. The van der Waals surface area contributed by atoms with Crippen LogP contribution in [0.3, 0.4) is 0 Å². The first-order valence-electron chi connectivity index (χ1n) is 8.33. The molecule has 0 aliphatic carbocycles. The van der Waals surface area contributed by atoms with E-state index >= 15 is 0 Å². The van der Waals surface area contributed by atoms with Gasteiger partial charge in [-0.05, 0) is 36.5 Å². The number of primary amides is 2. The van der Waals surface area contributed by atoms with Crippen LogP contribution in [0, 0.1) is 5.92 Å². The van der Waals surface area contributed by atoms with Crippen molar-refractivity contribution in [3.05, 3.63) is 23.8 Å². The number of carbonyl (C=O) groups is 2. The van der Waals surface area contributed by atoms with E-state index in [1.807, 2.05) is 12.1 Å². The standard InChI is InChI=1S/C18H28N2O4/c1-13(2)4-3-5-14-10-15(23-8-6-17(19)21)12-16(11-14)24-9-7-18(20)22/h10-13H,3-9H2,1-2H3,(H2,19,21)(H2,20,22). The first-order chi connectivity index (χ1) is 11.4. The lowest BCUT2D eigenvalue weighted by Gasteiger charge is -2.12. The smallest absolute Gasteiger partial charge is 0.220 e. The number of nitrogens with two attached hydrogens (primary N) is 2. The summed E-state index contributed by atoms with van der Waals surface area (Å²) in [5.74, 6) is 1.12. The van der Waals surface area contributed by atoms with Crippen LogP contribution in [0.25, 0.3) is 0 Å². The van der Waals surface area contributed by atoms with Gasteiger partial charge in [-0.1, -0.05) is 20.3 Å². The van der Waals surface area contributed by atoms with Crippen molar-refractivity contribution in [2.45, 2.75) is 46.0 Å². The van der Waals surface area contributed by atoms with Crippen LogP contribution >= 0.6 is 0 Å². The summed E-state index contributed by atoms with van der Waals surface area (Å²) in [6.07, 6.45) is 3.45. The Morgan fingerprint density at radius 2 is 1.46 bits per heavy atom. The van der Waals surface area contributed by atoms with Gasteiger partial charge in [0, 0.05) is 6.07 Å². The van der Waals surface area contributed by atoms with Gasteiger partial charge in [-0.3, -0.25) is 9.59 Å². The highest BCUT2D eigenvalue weighted by Gasteiger charge is 2.06. The summed E-state index contributed by atoms with van der Waals surface area (Å²) in [5.41, 5.74) is 11.3. The molecule has 0 saturated carbocycles. The van der Waals surface area contributed by atoms with Crippen molar-refractivity contribution < 1.29 is 19.1 Å². The normalized spacial score (nSPS) is 10.6. The van der Waals surface area contributed by atoms with Crippen LogP contribution in [-0.4, -0.2) is 25.0 Å². The number of hydrogen-bond donors (Lipinski definition) is 2. The van der Waals surface area contributed by atoms with Gasteiger partial charge < -0.3 is 20.9 Å². The van der Waals surface area contributed by atoms with E-state index in [1.54, 1.807) is 6.07 Å². The second kappa shape index (κ2) is 10.5. The molecule has 0 unspecified atom stereocenters. The van der Waals surface area contributed by atoms with E-state index in [4.69, 9.17) is 20.9 Å². The average Bonchev–Trinajstić information content (AvgIpc) is 2.46. The van der Waals surface area contributed by atoms with Crippen LogP contribution in [0.15, 0.2) is 18.2 Å². The van der Waals surface area contributed by atoms with Crippen molar-refractivity contribution in [2.24, 2.45) is 17.4 Å². The van der Waals surface area contributed by atoms with E-state index in [9.17, 15) is 9.59 Å². The largest absolute Gasteiger partial charge is 0.493 e. The summed E-state index contributed by atoms with van der Waals surface area (Å²) in [6.45, 7) is 4.85. The number of rotatable bonds is 12. The number of amides is 2. The van der Waals surface area contributed by atoms with Crippen LogP contribution in [0.1, 0.15) is 45.1 Å². The van der Waals surface area contributed by atoms with Crippen molar-refractivity contribution in [2.75, 3.05) is 13.2 Å². The van der Waals surface area contributed by atoms with E-state index < -0.39 is 11.8 Å². The molecule has 4 N–H and O–H groups in total. The molecule has 0 aliphatic rings. The van der Waals surface area contributed by atoms with Gasteiger partial charge in [-0.25, -0.2) is 0 Å². The number of carbonyl (C=O) groups excluding carboxylic acids is 2. The molecular weight excluding hydrogens is 308 g/mol. The highest BCUT2D eigenvalue weighted by Crippen LogP contribution is 2.25. The molecule has 0 bridgehead atoms. The fourth-order valence-electron chi connectivity index (χ4n) is 2.20. The lowest BCUT2D eigenvalue weighted by molar-refractivity contribution is -0.119. The predicted octanol–water partition coefficient (Wildman–Crippen LogP) is 2.17. The van der Waals surface area contributed by atoms with Crippen LogP contribution in [0.2, 0.25) is 0 Å². The Labute approximate surface area is 143 Å². The topological polar surface area (TPSA) is 105 Å². The van der Waals surface area contributed by atoms with Gasteiger partial charge in [0.1, 0.15) is 11.5 Å². The predicted molar refractivity (Wildman–Crippen MR) is 92.8 cm³/mol. The first kappa shape index (κ1) is 19.8. The Hall–Kier alpha value is -2.24. The zero-order chi connectivity index (χ0) is 17.9. The Morgan fingerprint density at radius 1 is 0.958 bits per heavy atom. The summed E-state index contributed by atoms with van der Waals surface area (Å²) < 4.78 is 11.2. The van der Waals surface area contributed by atoms with Crippen molar-refractivity contribution >= 4 is 11.8 Å². The fraction of sp³-hybridized carbons (Fsp3) is 0.556. The van der Waals surface area contributed by atoms with Crippen molar-refractivity contribution in [3.63, 3.8) is 0 Å². The minimum Gasteiger partial charge on any atom is -0.493 e. The van der Waals surface area contributed by atoms with Gasteiger partial charge in [-0.2, -0.15) is 0 Å². The quantitative estimate of drug-likeness (QED) is 0.610. The van der Waals surface area contributed by atoms with Gasteiger partial charge >= 0.3 is 0 Å². The molecule has 0 fully saturated rings. The van der Waals surface area contributed by atoms with E-state index in [0.29, 0.717) is 17.4 Å². The first-order valence-corrected chi connectivity index (χ1v) is 8.33. The number of benzene rings is 1. The molecule has 2 amide bonds. The number of hydrogen-bond acceptors (Lipinski definition) is 4. The molecule has 1 aromatic rings. The SMILES string of the molecule is CC(C)CCCc1cc(OCCC(N)=O)cc(OCCC(N)=O)c1. The van der Waals surface area contributed by atoms with Gasteiger partial charge in [0.15, 0.2) is 0 Å². The average molecular weight is 336 g/mol. The van der Waals surface area contributed by atoms with Gasteiger partial charge in [-0.15, -0.1) is 0 Å². The summed E-state index contributed by atoms with van der Waals surface area (Å²) in [7, 11) is 0. The molecular formula is C18H28N2O4. The van der Waals surface area contributed by atoms with Crippen molar-refractivity contribution in [3.8, 4) is 11.5 Å². The molecule has 1 aromatic carbocycles. The second-order valence-electron chi connectivity index (χ2n) is 6.23. The lowest BCUT2D eigenvalue weighted by atomic mass is 10.0. The number of ether oxygens (including phenoxy) is 2. The van der Waals surface area contributed by atoms with E-state index in [2.05, 4.69) is 13.8 Å². The molecule has 6 heteroatoms. The van der Waals surface area contributed by atoms with Gasteiger partial charge in [0.05, 0.1) is 26.1 Å². The summed E-state index contributed by atoms with van der Waals surface area (Å²) in [6, 6.07) is 5.64. The highest BCUT2D eigenvalue weighted by molar-refractivity contribution is 5.74. The highest BCUT2D eigenvalue weighted by atomic mass is 16.5. The maximum Gasteiger partial charge on any atom is 0.220 e. The third-order valence-electron chi connectivity index (χ3n) is 3.42. The van der Waals surface area contributed by atoms with Crippen LogP contribution in [0.5, 0.6) is 11.5 Å². The van der Waals surface area contributed by atoms with Gasteiger partial charge in [0.2, 0.25) is 11.8 Å². The molecule has 0 saturated heterocycles. The maximum atomic E-state index is 10.8. The Morgan fingerprint density at radius 3 is 1.88 bits per heavy atom. The van der Waals surface area contributed by atoms with Crippen molar-refractivity contribution in [1.29, 1.82) is 0 Å². The third kappa shape index (κ3) is 9.02. The second-order valence-corrected chi connectivity index (χ2v) is 6.23. The molecule has 6 nitrogen and oxygen atoms in total. The fourth-order valence-corrected chi connectivity index (χ4v) is 2.20. The third-order valence-corrected chi connectivity index (χ3v) is 3.42. The minimum atomic E-state index is -0.402. The Bertz CT molecular complexity index is 506. The summed E-state index contributed by atoms with van der Waals surface area (Å²) in [4.78, 5) is 21.6. The molecule has 0 radical (unpaired) electrons. The van der Waals surface area contributed by atoms with E-state index in [-0.39, 0.29) is 26.1 Å². The molecule has 134 valence electrons. The lowest BCUT2D eigenvalue weighted by Crippen LogP contribution is -2.15. The van der Waals surface area contributed by atoms with E-state index in [0.717, 1.165) is 24.8 Å². The number of aryl methyl sites for hydroxylation is 1. The molecule has 24 heavy (non-hydrogen) atoms. The zero-order valence-corrected chi connectivity index (χ0v) is 14.5. The van der Waals surface area contributed by atoms with E-state index in [1.165, 1.54) is 0 Å².